The number of isothiocyanates is 2. The van der Waals surface area contributed by atoms with E-state index in [1.54, 1.807) is 20.8 Å². The van der Waals surface area contributed by atoms with Crippen LogP contribution >= 0.6 is 24.4 Å². The maximum absolute atomic E-state index is 4.97. The molecule has 0 aliphatic carbocycles. The Balaban J connectivity index is 0. The predicted molar refractivity (Wildman–Crippen MR) is 75.7 cm³/mol. The van der Waals surface area contributed by atoms with Crippen molar-refractivity contribution in [1.29, 1.82) is 0 Å². The van der Waals surface area contributed by atoms with Crippen LogP contribution in [0.5, 0.6) is 0 Å². The first kappa shape index (κ1) is 18.3. The number of nitrogens with zero attached hydrogens (tertiary/aromatic N) is 2. The second-order valence-corrected chi connectivity index (χ2v) is 7.75. The summed E-state index contributed by atoms with van der Waals surface area (Å²) in [5.74, 6) is 0. The lowest BCUT2D eigenvalue weighted by molar-refractivity contribution is 0.285. The van der Waals surface area contributed by atoms with E-state index in [0.29, 0.717) is 0 Å². The third-order valence-electron chi connectivity index (χ3n) is 1.56. The minimum absolute atomic E-state index is 1.16. The van der Waals surface area contributed by atoms with Crippen LogP contribution in [0, 0.1) is 0 Å². The SMILES string of the molecule is CO[SiH](C)OC.CO[Si](C)(N=C=S)N=C=S. The molecular weight excluding hydrogens is 280 g/mol. The molecule has 0 aromatic rings. The Hall–Kier alpha value is -0.0862. The summed E-state index contributed by atoms with van der Waals surface area (Å²) in [6, 6.07) is 0. The summed E-state index contributed by atoms with van der Waals surface area (Å²) in [4.78, 5) is 0. The Morgan fingerprint density at radius 2 is 1.44 bits per heavy atom. The normalized spacial score (nSPS) is 12.6. The molecule has 0 saturated carbocycles. The molecule has 92 valence electrons. The maximum atomic E-state index is 4.97. The van der Waals surface area contributed by atoms with E-state index < -0.39 is 17.9 Å². The zero-order valence-corrected chi connectivity index (χ0v) is 13.8. The van der Waals surface area contributed by atoms with Crippen LogP contribution in [-0.2, 0) is 13.3 Å². The van der Waals surface area contributed by atoms with E-state index in [4.69, 9.17) is 13.3 Å². The van der Waals surface area contributed by atoms with Gasteiger partial charge < -0.3 is 13.3 Å². The highest BCUT2D eigenvalue weighted by molar-refractivity contribution is 7.78. The predicted octanol–water partition coefficient (Wildman–Crippen LogP) is 1.54. The van der Waals surface area contributed by atoms with Crippen LogP contribution < -0.4 is 0 Å². The molecule has 16 heavy (non-hydrogen) atoms. The maximum Gasteiger partial charge on any atom is 0.470 e. The summed E-state index contributed by atoms with van der Waals surface area (Å²) in [5, 5.41) is 4.42. The topological polar surface area (TPSA) is 52.4 Å². The zero-order valence-electron chi connectivity index (χ0n) is 10.0. The van der Waals surface area contributed by atoms with Crippen molar-refractivity contribution in [3.8, 4) is 0 Å². The first-order valence-electron chi connectivity index (χ1n) is 4.28. The van der Waals surface area contributed by atoms with Gasteiger partial charge in [0.25, 0.3) is 0 Å². The fourth-order valence-corrected chi connectivity index (χ4v) is 2.16. The quantitative estimate of drug-likeness (QED) is 0.437. The number of hydrogen-bond donors (Lipinski definition) is 0. The molecule has 9 heteroatoms. The van der Waals surface area contributed by atoms with Crippen LogP contribution in [0.2, 0.25) is 13.1 Å². The summed E-state index contributed by atoms with van der Waals surface area (Å²) in [7, 11) is 1.28. The van der Waals surface area contributed by atoms with E-state index in [9.17, 15) is 0 Å². The van der Waals surface area contributed by atoms with Crippen molar-refractivity contribution in [1.82, 2.24) is 0 Å². The Morgan fingerprint density at radius 1 is 1.06 bits per heavy atom. The molecule has 0 amide bonds. The molecule has 0 spiro atoms. The van der Waals surface area contributed by atoms with E-state index in [1.165, 1.54) is 7.11 Å². The Kier molecular flexibility index (Phi) is 13.0. The third-order valence-corrected chi connectivity index (χ3v) is 5.22. The Bertz CT molecular complexity index is 259. The molecule has 0 heterocycles. The highest BCUT2D eigenvalue weighted by atomic mass is 32.1. The summed E-state index contributed by atoms with van der Waals surface area (Å²) in [6.07, 6.45) is 0. The summed E-state index contributed by atoms with van der Waals surface area (Å²) < 4.78 is 22.1. The van der Waals surface area contributed by atoms with E-state index in [2.05, 4.69) is 44.1 Å². The second-order valence-electron chi connectivity index (χ2n) is 2.58. The van der Waals surface area contributed by atoms with Gasteiger partial charge in [0.05, 0.1) is 10.3 Å². The third kappa shape index (κ3) is 10.4. The molecule has 0 aliphatic heterocycles. The van der Waals surface area contributed by atoms with Gasteiger partial charge in [-0.05, 0) is 37.5 Å². The molecule has 0 N–H and O–H groups in total. The number of thiocarbonyl (C=S) groups is 2. The summed E-state index contributed by atoms with van der Waals surface area (Å²) in [6.45, 7) is 3.71. The van der Waals surface area contributed by atoms with Crippen LogP contribution in [0.4, 0.5) is 0 Å². The van der Waals surface area contributed by atoms with E-state index in [0.717, 1.165) is 0 Å². The van der Waals surface area contributed by atoms with Gasteiger partial charge in [-0.25, -0.2) is 9.32 Å². The molecular formula is C7H16N2O3S2Si2. The lowest BCUT2D eigenvalue weighted by atomic mass is 11.7. The van der Waals surface area contributed by atoms with Crippen molar-refractivity contribution in [3.63, 3.8) is 0 Å². The molecule has 0 aliphatic rings. The average molecular weight is 297 g/mol. The second kappa shape index (κ2) is 11.4. The van der Waals surface area contributed by atoms with Crippen LogP contribution in [0.25, 0.3) is 0 Å². The Labute approximate surface area is 110 Å². The summed E-state index contributed by atoms with van der Waals surface area (Å²) in [5.41, 5.74) is 0. The Morgan fingerprint density at radius 3 is 1.56 bits per heavy atom. The molecule has 5 nitrogen and oxygen atoms in total. The van der Waals surface area contributed by atoms with E-state index in [1.807, 2.05) is 6.55 Å². The minimum atomic E-state index is -2.40. The van der Waals surface area contributed by atoms with Crippen molar-refractivity contribution in [3.05, 3.63) is 0 Å². The van der Waals surface area contributed by atoms with Crippen molar-refractivity contribution in [2.75, 3.05) is 21.3 Å². The van der Waals surface area contributed by atoms with E-state index in [-0.39, 0.29) is 0 Å². The number of rotatable bonds is 5. The first-order chi connectivity index (χ1) is 7.49. The van der Waals surface area contributed by atoms with Crippen LogP contribution in [0.3, 0.4) is 0 Å². The van der Waals surface area contributed by atoms with Crippen molar-refractivity contribution in [2.45, 2.75) is 13.1 Å². The van der Waals surface area contributed by atoms with Gasteiger partial charge in [0.1, 0.15) is 0 Å². The van der Waals surface area contributed by atoms with Crippen molar-refractivity contribution in [2.24, 2.45) is 9.32 Å². The fraction of sp³-hybridized carbons (Fsp3) is 0.714. The van der Waals surface area contributed by atoms with E-state index >= 15 is 0 Å². The molecule has 0 rings (SSSR count). The molecule has 0 aromatic heterocycles. The van der Waals surface area contributed by atoms with Crippen LogP contribution in [0.15, 0.2) is 9.32 Å². The summed E-state index contributed by atoms with van der Waals surface area (Å²) >= 11 is 8.79. The molecule has 0 radical (unpaired) electrons. The zero-order chi connectivity index (χ0) is 13.0. The van der Waals surface area contributed by atoms with Gasteiger partial charge >= 0.3 is 17.9 Å². The van der Waals surface area contributed by atoms with Gasteiger partial charge in [0.15, 0.2) is 0 Å². The van der Waals surface area contributed by atoms with Crippen LogP contribution in [-0.4, -0.2) is 49.6 Å². The minimum Gasteiger partial charge on any atom is -0.400 e. The molecule has 0 unspecified atom stereocenters. The molecule has 0 bridgehead atoms. The lowest BCUT2D eigenvalue weighted by Crippen LogP contribution is -2.28. The smallest absolute Gasteiger partial charge is 0.400 e. The van der Waals surface area contributed by atoms with Crippen molar-refractivity contribution < 1.29 is 13.3 Å². The van der Waals surface area contributed by atoms with Crippen LogP contribution in [0.1, 0.15) is 0 Å². The lowest BCUT2D eigenvalue weighted by Gasteiger charge is -2.08. The highest BCUT2D eigenvalue weighted by Crippen LogP contribution is 2.04. The van der Waals surface area contributed by atoms with Gasteiger partial charge in [0, 0.05) is 21.3 Å². The van der Waals surface area contributed by atoms with Crippen molar-refractivity contribution >= 4 is 52.7 Å². The fourth-order valence-electron chi connectivity index (χ4n) is 0.382. The highest BCUT2D eigenvalue weighted by Gasteiger charge is 2.27. The van der Waals surface area contributed by atoms with Gasteiger partial charge in [-0.1, -0.05) is 0 Å². The molecule has 0 saturated heterocycles. The van der Waals surface area contributed by atoms with Gasteiger partial charge in [0.2, 0.25) is 0 Å². The molecule has 0 atom stereocenters. The van der Waals surface area contributed by atoms with Gasteiger partial charge in [-0.15, -0.1) is 0 Å². The standard InChI is InChI=1S/C4H6N2OS2Si.C3H10O2Si/c1-7-10(2,5-3-8)6-4-9;1-4-6(3)5-2/h1-2H3;6H,1-3H3. The molecule has 0 fully saturated rings. The van der Waals surface area contributed by atoms with Gasteiger partial charge in [-0.2, -0.15) is 0 Å². The largest absolute Gasteiger partial charge is 0.470 e. The number of hydrogen-bond acceptors (Lipinski definition) is 7. The molecule has 0 aromatic carbocycles. The van der Waals surface area contributed by atoms with Gasteiger partial charge in [-0.3, -0.25) is 0 Å². The monoisotopic (exact) mass is 296 g/mol. The first-order valence-corrected chi connectivity index (χ1v) is 9.50. The average Bonchev–Trinajstić information content (AvgIpc) is 2.29.